The van der Waals surface area contributed by atoms with Crippen LogP contribution < -0.4 is 0 Å². The van der Waals surface area contributed by atoms with Crippen molar-refractivity contribution in [3.63, 3.8) is 0 Å². The van der Waals surface area contributed by atoms with Gasteiger partial charge in [-0.3, -0.25) is 0 Å². The summed E-state index contributed by atoms with van der Waals surface area (Å²) in [5.74, 6) is 0. The Kier molecular flexibility index (Phi) is 5.32. The molecule has 0 aliphatic rings. The molecule has 0 saturated heterocycles. The second-order valence-electron chi connectivity index (χ2n) is 1.92. The zero-order valence-electron chi connectivity index (χ0n) is 5.48. The van der Waals surface area contributed by atoms with Crippen LogP contribution in [0.15, 0.2) is 0 Å². The smallest absolute Gasteiger partial charge is 0.229 e. The molecule has 0 amide bonds. The molecule has 1 atom stereocenters. The van der Waals surface area contributed by atoms with Crippen LogP contribution in [0.3, 0.4) is 0 Å². The van der Waals surface area contributed by atoms with Gasteiger partial charge in [0.05, 0.1) is 0 Å². The second-order valence-corrected chi connectivity index (χ2v) is 4.05. The van der Waals surface area contributed by atoms with Crippen molar-refractivity contribution in [1.29, 1.82) is 0 Å². The fourth-order valence-corrected chi connectivity index (χ4v) is 1.24. The summed E-state index contributed by atoms with van der Waals surface area (Å²) < 4.78 is 16.9. The molecule has 0 radical (unpaired) electrons. The number of hydrogen-bond acceptors (Lipinski definition) is 1. The summed E-state index contributed by atoms with van der Waals surface area (Å²) in [4.78, 5) is 0. The molecule has 0 spiro atoms. The van der Waals surface area contributed by atoms with Crippen LogP contribution in [0.1, 0.15) is 6.42 Å². The van der Waals surface area contributed by atoms with E-state index in [4.69, 9.17) is 4.74 Å². The Labute approximate surface area is 51.6 Å². The molecule has 0 aromatic carbocycles. The summed E-state index contributed by atoms with van der Waals surface area (Å²) in [7, 11) is -0.139. The first kappa shape index (κ1) is 8.11. The van der Waals surface area contributed by atoms with E-state index in [1.165, 1.54) is 0 Å². The van der Waals surface area contributed by atoms with Gasteiger partial charge < -0.3 is 8.84 Å². The van der Waals surface area contributed by atoms with E-state index in [0.29, 0.717) is 6.61 Å². The predicted octanol–water partition coefficient (Wildman–Crippen LogP) is 1.35. The molecule has 0 heterocycles. The van der Waals surface area contributed by atoms with Crippen molar-refractivity contribution in [3.05, 3.63) is 0 Å². The average Bonchev–Trinajstić information content (AvgIpc) is 1.66. The zero-order valence-corrected chi connectivity index (χ0v) is 6.64. The highest BCUT2D eigenvalue weighted by Gasteiger charge is 1.98. The highest BCUT2D eigenvalue weighted by molar-refractivity contribution is 6.49. The van der Waals surface area contributed by atoms with Crippen LogP contribution in [-0.4, -0.2) is 22.8 Å². The van der Waals surface area contributed by atoms with Gasteiger partial charge in [-0.05, 0) is 19.0 Å². The molecule has 8 heavy (non-hydrogen) atoms. The van der Waals surface area contributed by atoms with Crippen molar-refractivity contribution in [2.45, 2.75) is 19.0 Å². The van der Waals surface area contributed by atoms with Gasteiger partial charge in [-0.1, -0.05) is 0 Å². The topological polar surface area (TPSA) is 9.23 Å². The molecular formula is C5H13FOSi. The molecule has 0 saturated carbocycles. The molecule has 0 rings (SSSR count). The van der Waals surface area contributed by atoms with Crippen molar-refractivity contribution < 1.29 is 8.84 Å². The number of ether oxygens (including phenoxy) is 1. The van der Waals surface area contributed by atoms with E-state index < -0.39 is 9.13 Å². The molecule has 3 heteroatoms. The van der Waals surface area contributed by atoms with E-state index in [9.17, 15) is 4.11 Å². The first-order valence-electron chi connectivity index (χ1n) is 2.90. The Morgan fingerprint density at radius 3 is 2.62 bits per heavy atom. The van der Waals surface area contributed by atoms with E-state index in [1.54, 1.807) is 13.7 Å². The fourth-order valence-electron chi connectivity index (χ4n) is 0.509. The van der Waals surface area contributed by atoms with Crippen LogP contribution in [0.5, 0.6) is 0 Å². The third-order valence-electron chi connectivity index (χ3n) is 0.950. The molecule has 50 valence electrons. The van der Waals surface area contributed by atoms with E-state index in [1.807, 2.05) is 0 Å². The van der Waals surface area contributed by atoms with Crippen molar-refractivity contribution in [3.8, 4) is 0 Å². The van der Waals surface area contributed by atoms with Crippen molar-refractivity contribution in [1.82, 2.24) is 0 Å². The van der Waals surface area contributed by atoms with Gasteiger partial charge in [0.25, 0.3) is 0 Å². The van der Waals surface area contributed by atoms with Crippen molar-refractivity contribution in [2.24, 2.45) is 0 Å². The first-order chi connectivity index (χ1) is 3.77. The van der Waals surface area contributed by atoms with E-state index >= 15 is 0 Å². The molecular weight excluding hydrogens is 123 g/mol. The van der Waals surface area contributed by atoms with Gasteiger partial charge in [-0.2, -0.15) is 0 Å². The van der Waals surface area contributed by atoms with E-state index in [2.05, 4.69) is 0 Å². The Morgan fingerprint density at radius 2 is 2.25 bits per heavy atom. The summed E-state index contributed by atoms with van der Waals surface area (Å²) in [6.45, 7) is 2.41. The lowest BCUT2D eigenvalue weighted by atomic mass is 10.5. The van der Waals surface area contributed by atoms with Crippen LogP contribution in [0.4, 0.5) is 4.11 Å². The summed E-state index contributed by atoms with van der Waals surface area (Å²) in [5.41, 5.74) is 0. The Balaban J connectivity index is 2.72. The van der Waals surface area contributed by atoms with Crippen LogP contribution in [0.25, 0.3) is 0 Å². The molecule has 0 N–H and O–H groups in total. The summed E-state index contributed by atoms with van der Waals surface area (Å²) in [6, 6.07) is 0.758. The summed E-state index contributed by atoms with van der Waals surface area (Å²) in [5, 5.41) is 0. The Hall–Kier alpha value is 0.107. The standard InChI is InChI=1S/C5H13FOSi/c1-7-4-3-5-8(2)6/h8H,3-5H2,1-2H3. The minimum Gasteiger partial charge on any atom is -0.385 e. The third-order valence-corrected chi connectivity index (χ3v) is 2.15. The molecule has 1 nitrogen and oxygen atoms in total. The predicted molar refractivity (Wildman–Crippen MR) is 35.4 cm³/mol. The molecule has 0 aromatic heterocycles. The Bertz CT molecular complexity index is 49.7. The van der Waals surface area contributed by atoms with Gasteiger partial charge in [-0.15, -0.1) is 0 Å². The maximum Gasteiger partial charge on any atom is 0.229 e. The van der Waals surface area contributed by atoms with E-state index in [0.717, 1.165) is 12.5 Å². The Morgan fingerprint density at radius 1 is 1.62 bits per heavy atom. The monoisotopic (exact) mass is 136 g/mol. The lowest BCUT2D eigenvalue weighted by molar-refractivity contribution is 0.198. The van der Waals surface area contributed by atoms with Crippen LogP contribution in [-0.2, 0) is 4.74 Å². The van der Waals surface area contributed by atoms with Crippen LogP contribution in [0, 0.1) is 0 Å². The van der Waals surface area contributed by atoms with Gasteiger partial charge in [0.15, 0.2) is 0 Å². The van der Waals surface area contributed by atoms with Crippen LogP contribution >= 0.6 is 0 Å². The molecule has 0 fully saturated rings. The van der Waals surface area contributed by atoms with E-state index in [-0.39, 0.29) is 0 Å². The molecule has 0 aliphatic heterocycles. The normalized spacial score (nSPS) is 13.9. The maximum absolute atomic E-state index is 12.1. The van der Waals surface area contributed by atoms with Crippen LogP contribution in [0.2, 0.25) is 12.6 Å². The van der Waals surface area contributed by atoms with Gasteiger partial charge >= 0.3 is 0 Å². The molecule has 0 aliphatic carbocycles. The second kappa shape index (κ2) is 5.25. The molecule has 1 unspecified atom stereocenters. The number of hydrogen-bond donors (Lipinski definition) is 0. The minimum atomic E-state index is -1.78. The van der Waals surface area contributed by atoms with Gasteiger partial charge in [0, 0.05) is 13.7 Å². The number of rotatable bonds is 4. The lowest BCUT2D eigenvalue weighted by Gasteiger charge is -1.96. The summed E-state index contributed by atoms with van der Waals surface area (Å²) >= 11 is 0. The van der Waals surface area contributed by atoms with Gasteiger partial charge in [0.1, 0.15) is 0 Å². The molecule has 0 bridgehead atoms. The largest absolute Gasteiger partial charge is 0.385 e. The highest BCUT2D eigenvalue weighted by Crippen LogP contribution is 1.97. The maximum atomic E-state index is 12.1. The number of methoxy groups -OCH3 is 1. The van der Waals surface area contributed by atoms with Gasteiger partial charge in [-0.25, -0.2) is 0 Å². The SMILES string of the molecule is COCCC[SiH](C)F. The van der Waals surface area contributed by atoms with Crippen molar-refractivity contribution in [2.75, 3.05) is 13.7 Å². The summed E-state index contributed by atoms with van der Waals surface area (Å²) in [6.07, 6.45) is 0.889. The lowest BCUT2D eigenvalue weighted by Crippen LogP contribution is -1.99. The first-order valence-corrected chi connectivity index (χ1v) is 5.31. The minimum absolute atomic E-state index is 0.710. The average molecular weight is 136 g/mol. The molecule has 0 aromatic rings. The quantitative estimate of drug-likeness (QED) is 0.322. The number of halogens is 1. The van der Waals surface area contributed by atoms with Gasteiger partial charge in [0.2, 0.25) is 9.13 Å². The van der Waals surface area contributed by atoms with Crippen molar-refractivity contribution >= 4 is 9.13 Å². The zero-order chi connectivity index (χ0) is 6.41. The highest BCUT2D eigenvalue weighted by atomic mass is 28.3. The third kappa shape index (κ3) is 6.11. The fraction of sp³-hybridized carbons (Fsp3) is 1.00.